The summed E-state index contributed by atoms with van der Waals surface area (Å²) in [6.45, 7) is 0. The minimum Gasteiger partial charge on any atom is -0.399 e. The number of aryl methyl sites for hydroxylation is 1. The van der Waals surface area contributed by atoms with Crippen LogP contribution in [0.1, 0.15) is 10.4 Å². The normalized spacial score (nSPS) is 14.7. The molecule has 19 heavy (non-hydrogen) atoms. The fourth-order valence-electron chi connectivity index (χ4n) is 2.30. The summed E-state index contributed by atoms with van der Waals surface area (Å²) in [4.78, 5) is 7.60. The van der Waals surface area contributed by atoms with E-state index in [1.165, 1.54) is 27.3 Å². The Morgan fingerprint density at radius 2 is 2.11 bits per heavy atom. The van der Waals surface area contributed by atoms with Crippen molar-refractivity contribution in [2.24, 2.45) is 0 Å². The van der Waals surface area contributed by atoms with Crippen molar-refractivity contribution in [1.82, 2.24) is 4.98 Å². The highest BCUT2D eigenvalue weighted by Gasteiger charge is 2.16. The van der Waals surface area contributed by atoms with Gasteiger partial charge in [0, 0.05) is 16.3 Å². The van der Waals surface area contributed by atoms with Crippen LogP contribution in [0.5, 0.6) is 0 Å². The molecule has 0 fully saturated rings. The number of rotatable bonds is 1. The maximum absolute atomic E-state index is 5.83. The summed E-state index contributed by atoms with van der Waals surface area (Å²) >= 11 is 5.68. The standard InChI is InChI=1S/C14H12N2S3/c15-9-1-2-10-12(6-9)19-14(16-10)13-5-8-7-17-4-3-11(8)18-13/h1-2,5-6H,3-4,7,15H2. The molecule has 2 nitrogen and oxygen atoms in total. The monoisotopic (exact) mass is 304 g/mol. The van der Waals surface area contributed by atoms with E-state index in [2.05, 4.69) is 6.07 Å². The van der Waals surface area contributed by atoms with Gasteiger partial charge in [-0.1, -0.05) is 0 Å². The van der Waals surface area contributed by atoms with Crippen molar-refractivity contribution < 1.29 is 0 Å². The third-order valence-electron chi connectivity index (χ3n) is 3.25. The van der Waals surface area contributed by atoms with Gasteiger partial charge < -0.3 is 5.73 Å². The van der Waals surface area contributed by atoms with Gasteiger partial charge in [-0.15, -0.1) is 22.7 Å². The number of nitrogens with zero attached hydrogens (tertiary/aromatic N) is 1. The quantitative estimate of drug-likeness (QED) is 0.677. The molecule has 0 spiro atoms. The fourth-order valence-corrected chi connectivity index (χ4v) is 5.73. The molecule has 5 heteroatoms. The van der Waals surface area contributed by atoms with Crippen molar-refractivity contribution in [3.8, 4) is 9.88 Å². The molecule has 0 aliphatic carbocycles. The summed E-state index contributed by atoms with van der Waals surface area (Å²) in [5.74, 6) is 2.41. The average Bonchev–Trinajstić information content (AvgIpc) is 3.00. The minimum absolute atomic E-state index is 0.810. The molecule has 96 valence electrons. The van der Waals surface area contributed by atoms with Crippen LogP contribution < -0.4 is 5.73 Å². The first-order valence-electron chi connectivity index (χ1n) is 6.15. The minimum atomic E-state index is 0.810. The summed E-state index contributed by atoms with van der Waals surface area (Å²) in [5, 5.41) is 1.13. The van der Waals surface area contributed by atoms with Gasteiger partial charge in [0.25, 0.3) is 0 Å². The molecule has 0 saturated carbocycles. The van der Waals surface area contributed by atoms with Crippen molar-refractivity contribution >= 4 is 50.3 Å². The zero-order valence-electron chi connectivity index (χ0n) is 10.2. The van der Waals surface area contributed by atoms with Crippen molar-refractivity contribution in [2.75, 3.05) is 11.5 Å². The highest BCUT2D eigenvalue weighted by molar-refractivity contribution is 7.98. The fraction of sp³-hybridized carbons (Fsp3) is 0.214. The first-order chi connectivity index (χ1) is 9.29. The van der Waals surface area contributed by atoms with E-state index in [1.807, 2.05) is 41.3 Å². The van der Waals surface area contributed by atoms with Gasteiger partial charge in [0.1, 0.15) is 5.01 Å². The number of thiazole rings is 1. The number of hydrogen-bond acceptors (Lipinski definition) is 5. The predicted molar refractivity (Wildman–Crippen MR) is 87.2 cm³/mol. The molecule has 0 saturated heterocycles. The van der Waals surface area contributed by atoms with Gasteiger partial charge in [-0.2, -0.15) is 11.8 Å². The lowest BCUT2D eigenvalue weighted by atomic mass is 10.2. The first-order valence-corrected chi connectivity index (χ1v) is 8.94. The number of fused-ring (bicyclic) bond motifs is 2. The zero-order chi connectivity index (χ0) is 12.8. The molecule has 1 aliphatic heterocycles. The molecule has 2 aromatic heterocycles. The van der Waals surface area contributed by atoms with Gasteiger partial charge in [0.2, 0.25) is 0 Å². The van der Waals surface area contributed by atoms with Crippen LogP contribution in [-0.2, 0) is 12.2 Å². The van der Waals surface area contributed by atoms with E-state index >= 15 is 0 Å². The number of benzene rings is 1. The summed E-state index contributed by atoms with van der Waals surface area (Å²) in [6, 6.07) is 8.27. The summed E-state index contributed by atoms with van der Waals surface area (Å²) in [7, 11) is 0. The predicted octanol–water partition coefficient (Wildman–Crippen LogP) is 4.40. The number of nitrogens with two attached hydrogens (primary N) is 1. The van der Waals surface area contributed by atoms with E-state index in [0.717, 1.165) is 22.0 Å². The Balaban J connectivity index is 1.83. The van der Waals surface area contributed by atoms with Gasteiger partial charge >= 0.3 is 0 Å². The second kappa shape index (κ2) is 4.51. The summed E-state index contributed by atoms with van der Waals surface area (Å²) in [5.41, 5.74) is 9.20. The Hall–Kier alpha value is -1.04. The van der Waals surface area contributed by atoms with Crippen LogP contribution in [0.25, 0.3) is 20.1 Å². The SMILES string of the molecule is Nc1ccc2nc(-c3cc4c(s3)CCSC4)sc2c1. The second-order valence-corrected chi connectivity index (χ2v) is 7.88. The molecule has 1 aromatic carbocycles. The van der Waals surface area contributed by atoms with Crippen LogP contribution in [0.2, 0.25) is 0 Å². The molecule has 0 unspecified atom stereocenters. The van der Waals surface area contributed by atoms with Crippen LogP contribution in [0.4, 0.5) is 5.69 Å². The number of nitrogen functional groups attached to an aromatic ring is 1. The van der Waals surface area contributed by atoms with Crippen LogP contribution in [-0.4, -0.2) is 10.7 Å². The summed E-state index contributed by atoms with van der Waals surface area (Å²) in [6.07, 6.45) is 1.21. The molecule has 3 aromatic rings. The van der Waals surface area contributed by atoms with Crippen LogP contribution in [0.3, 0.4) is 0 Å². The van der Waals surface area contributed by atoms with Gasteiger partial charge in [-0.3, -0.25) is 0 Å². The van der Waals surface area contributed by atoms with Crippen LogP contribution in [0.15, 0.2) is 24.3 Å². The smallest absolute Gasteiger partial charge is 0.134 e. The maximum atomic E-state index is 5.83. The van der Waals surface area contributed by atoms with Crippen molar-refractivity contribution in [1.29, 1.82) is 0 Å². The van der Waals surface area contributed by atoms with E-state index in [1.54, 1.807) is 16.2 Å². The third kappa shape index (κ3) is 2.06. The van der Waals surface area contributed by atoms with E-state index in [0.29, 0.717) is 0 Å². The van der Waals surface area contributed by atoms with Crippen LogP contribution in [0, 0.1) is 0 Å². The molecule has 1 aliphatic rings. The highest BCUT2D eigenvalue weighted by Crippen LogP contribution is 2.39. The number of thiophene rings is 1. The number of aromatic nitrogens is 1. The number of anilines is 1. The first kappa shape index (κ1) is 11.8. The Morgan fingerprint density at radius 3 is 3.00 bits per heavy atom. The Kier molecular flexibility index (Phi) is 2.79. The second-order valence-electron chi connectivity index (χ2n) is 4.61. The lowest BCUT2D eigenvalue weighted by molar-refractivity contribution is 1.13. The zero-order valence-corrected chi connectivity index (χ0v) is 12.6. The highest BCUT2D eigenvalue weighted by atomic mass is 32.2. The van der Waals surface area contributed by atoms with Crippen molar-refractivity contribution in [3.05, 3.63) is 34.7 Å². The van der Waals surface area contributed by atoms with Gasteiger partial charge in [0.15, 0.2) is 0 Å². The lowest BCUT2D eigenvalue weighted by Gasteiger charge is -2.08. The lowest BCUT2D eigenvalue weighted by Crippen LogP contribution is -1.96. The van der Waals surface area contributed by atoms with E-state index in [-0.39, 0.29) is 0 Å². The van der Waals surface area contributed by atoms with Gasteiger partial charge in [-0.05, 0) is 42.0 Å². The molecular weight excluding hydrogens is 292 g/mol. The molecule has 0 bridgehead atoms. The molecule has 0 atom stereocenters. The number of thioether (sulfide) groups is 1. The largest absolute Gasteiger partial charge is 0.399 e. The van der Waals surface area contributed by atoms with E-state index < -0.39 is 0 Å². The van der Waals surface area contributed by atoms with E-state index in [9.17, 15) is 0 Å². The molecule has 3 heterocycles. The molecule has 0 amide bonds. The van der Waals surface area contributed by atoms with Crippen LogP contribution >= 0.6 is 34.4 Å². The molecule has 2 N–H and O–H groups in total. The molecule has 0 radical (unpaired) electrons. The Bertz CT molecular complexity index is 734. The van der Waals surface area contributed by atoms with E-state index in [4.69, 9.17) is 10.7 Å². The maximum Gasteiger partial charge on any atom is 0.134 e. The summed E-state index contributed by atoms with van der Waals surface area (Å²) < 4.78 is 1.18. The van der Waals surface area contributed by atoms with Crippen molar-refractivity contribution in [2.45, 2.75) is 12.2 Å². The molecule has 4 rings (SSSR count). The topological polar surface area (TPSA) is 38.9 Å². The Labute approximate surface area is 123 Å². The van der Waals surface area contributed by atoms with Gasteiger partial charge in [0.05, 0.1) is 15.1 Å². The Morgan fingerprint density at radius 1 is 1.16 bits per heavy atom. The average molecular weight is 304 g/mol. The molecular formula is C14H12N2S3. The van der Waals surface area contributed by atoms with Crippen molar-refractivity contribution in [3.63, 3.8) is 0 Å². The van der Waals surface area contributed by atoms with Gasteiger partial charge in [-0.25, -0.2) is 4.98 Å². The number of hydrogen-bond donors (Lipinski definition) is 1. The third-order valence-corrected chi connectivity index (χ3v) is 6.68.